The van der Waals surface area contributed by atoms with Crippen LogP contribution in [0.2, 0.25) is 0 Å². The predicted octanol–water partition coefficient (Wildman–Crippen LogP) is 3.56. The largest absolute Gasteiger partial charge is 0.469 e. The molecule has 2 unspecified atom stereocenters. The maximum absolute atomic E-state index is 7.77. The highest BCUT2D eigenvalue weighted by molar-refractivity contribution is 5.81. The van der Waals surface area contributed by atoms with Gasteiger partial charge in [0.1, 0.15) is 11.9 Å². The van der Waals surface area contributed by atoms with Gasteiger partial charge < -0.3 is 14.9 Å². The fraction of sp³-hybridized carbons (Fsp3) is 0.667. The van der Waals surface area contributed by atoms with E-state index in [2.05, 4.69) is 12.2 Å². The molecule has 1 N–H and O–H groups in total. The second-order valence-corrected chi connectivity index (χ2v) is 5.62. The molecule has 2 aliphatic carbocycles. The van der Waals surface area contributed by atoms with Crippen LogP contribution in [0.5, 0.6) is 0 Å². The lowest BCUT2D eigenvalue weighted by Gasteiger charge is -2.20. The van der Waals surface area contributed by atoms with Crippen LogP contribution in [-0.2, 0) is 9.47 Å². The lowest BCUT2D eigenvalue weighted by atomic mass is 9.88. The van der Waals surface area contributed by atoms with E-state index in [1.54, 1.807) is 0 Å². The Balaban J connectivity index is 1.58. The van der Waals surface area contributed by atoms with Crippen LogP contribution in [0.15, 0.2) is 23.5 Å². The first-order chi connectivity index (χ1) is 8.81. The predicted molar refractivity (Wildman–Crippen MR) is 70.5 cm³/mol. The highest BCUT2D eigenvalue weighted by atomic mass is 16.7. The molecule has 3 nitrogen and oxygen atoms in total. The van der Waals surface area contributed by atoms with Crippen LogP contribution >= 0.6 is 0 Å². The highest BCUT2D eigenvalue weighted by Gasteiger charge is 2.27. The first-order valence-corrected chi connectivity index (χ1v) is 7.01. The lowest BCUT2D eigenvalue weighted by Crippen LogP contribution is -2.14. The Hall–Kier alpha value is -1.09. The van der Waals surface area contributed by atoms with Gasteiger partial charge in [0.05, 0.1) is 0 Å². The van der Waals surface area contributed by atoms with Gasteiger partial charge in [-0.15, -0.1) is 0 Å². The smallest absolute Gasteiger partial charge is 0.189 e. The summed E-state index contributed by atoms with van der Waals surface area (Å²) in [5.74, 6) is 1.76. The molecule has 18 heavy (non-hydrogen) atoms. The van der Waals surface area contributed by atoms with Crippen molar-refractivity contribution in [3.8, 4) is 0 Å². The van der Waals surface area contributed by atoms with E-state index in [9.17, 15) is 0 Å². The first kappa shape index (κ1) is 12.0. The normalized spacial score (nSPS) is 32.1. The minimum absolute atomic E-state index is 0.175. The van der Waals surface area contributed by atoms with Crippen molar-refractivity contribution >= 4 is 5.71 Å². The van der Waals surface area contributed by atoms with Gasteiger partial charge in [0.15, 0.2) is 6.79 Å². The highest BCUT2D eigenvalue weighted by Crippen LogP contribution is 2.33. The van der Waals surface area contributed by atoms with E-state index in [0.29, 0.717) is 6.79 Å². The van der Waals surface area contributed by atoms with E-state index < -0.39 is 0 Å². The topological polar surface area (TPSA) is 42.3 Å². The maximum Gasteiger partial charge on any atom is 0.189 e. The van der Waals surface area contributed by atoms with E-state index in [-0.39, 0.29) is 6.10 Å². The Bertz CT molecular complexity index is 397. The molecular formula is C15H21NO2. The fourth-order valence-electron chi connectivity index (χ4n) is 3.16. The summed E-state index contributed by atoms with van der Waals surface area (Å²) >= 11 is 0. The average molecular weight is 247 g/mol. The molecule has 0 aromatic rings. The van der Waals surface area contributed by atoms with Crippen molar-refractivity contribution in [2.24, 2.45) is 5.92 Å². The zero-order valence-electron chi connectivity index (χ0n) is 10.8. The quantitative estimate of drug-likeness (QED) is 0.758. The van der Waals surface area contributed by atoms with Gasteiger partial charge in [0.2, 0.25) is 0 Å². The third-order valence-corrected chi connectivity index (χ3v) is 4.24. The molecule has 0 amide bonds. The molecule has 3 rings (SSSR count). The molecule has 0 spiro atoms. The van der Waals surface area contributed by atoms with Gasteiger partial charge in [0, 0.05) is 12.1 Å². The second kappa shape index (κ2) is 5.27. The molecule has 1 aliphatic heterocycles. The minimum atomic E-state index is 0.175. The molecule has 0 aromatic heterocycles. The van der Waals surface area contributed by atoms with Crippen LogP contribution in [0.25, 0.3) is 0 Å². The Kier molecular flexibility index (Phi) is 3.50. The molecule has 2 fully saturated rings. The molecule has 3 aliphatic rings. The van der Waals surface area contributed by atoms with Gasteiger partial charge in [-0.25, -0.2) is 0 Å². The Labute approximate surface area is 108 Å². The molecule has 1 saturated carbocycles. The van der Waals surface area contributed by atoms with Crippen LogP contribution in [0, 0.1) is 11.3 Å². The number of allylic oxidation sites excluding steroid dienone is 2. The molecule has 0 radical (unpaired) electrons. The molecule has 0 bridgehead atoms. The second-order valence-electron chi connectivity index (χ2n) is 5.62. The average Bonchev–Trinajstić information content (AvgIpc) is 2.74. The van der Waals surface area contributed by atoms with Gasteiger partial charge in [-0.05, 0) is 50.5 Å². The summed E-state index contributed by atoms with van der Waals surface area (Å²) in [5.41, 5.74) is 2.44. The Morgan fingerprint density at radius 2 is 2.17 bits per heavy atom. The number of fused-ring (bicyclic) bond motifs is 1. The maximum atomic E-state index is 7.77. The summed E-state index contributed by atoms with van der Waals surface area (Å²) in [5, 5.41) is 7.77. The van der Waals surface area contributed by atoms with Crippen LogP contribution in [0.3, 0.4) is 0 Å². The van der Waals surface area contributed by atoms with Crippen molar-refractivity contribution in [1.82, 2.24) is 0 Å². The molecule has 2 atom stereocenters. The number of hydrogen-bond acceptors (Lipinski definition) is 3. The molecule has 98 valence electrons. The molecule has 1 saturated heterocycles. The van der Waals surface area contributed by atoms with Crippen molar-refractivity contribution < 1.29 is 9.47 Å². The minimum Gasteiger partial charge on any atom is -0.469 e. The summed E-state index contributed by atoms with van der Waals surface area (Å²) in [6.07, 6.45) is 12.3. The van der Waals surface area contributed by atoms with Crippen LogP contribution in [-0.4, -0.2) is 18.6 Å². The van der Waals surface area contributed by atoms with Crippen LogP contribution in [0.4, 0.5) is 0 Å². The van der Waals surface area contributed by atoms with Crippen LogP contribution in [0.1, 0.15) is 44.9 Å². The van der Waals surface area contributed by atoms with Crippen molar-refractivity contribution in [3.05, 3.63) is 23.5 Å². The lowest BCUT2D eigenvalue weighted by molar-refractivity contribution is 0.0497. The zero-order valence-corrected chi connectivity index (χ0v) is 10.8. The standard InChI is InChI=1S/C15H21NO2/c16-13-3-1-2-11(4-6-13)8-12-5-7-14-15(9-12)18-10-17-14/h5,7,11,15-16H,1-4,6,8-10H2. The summed E-state index contributed by atoms with van der Waals surface area (Å²) < 4.78 is 10.9. The number of nitrogens with one attached hydrogen (secondary N) is 1. The molecular weight excluding hydrogens is 226 g/mol. The molecule has 1 heterocycles. The van der Waals surface area contributed by atoms with Gasteiger partial charge in [0.25, 0.3) is 0 Å². The van der Waals surface area contributed by atoms with Crippen molar-refractivity contribution in [2.75, 3.05) is 6.79 Å². The van der Waals surface area contributed by atoms with Crippen molar-refractivity contribution in [3.63, 3.8) is 0 Å². The van der Waals surface area contributed by atoms with Crippen LogP contribution < -0.4 is 0 Å². The SMILES string of the molecule is N=C1CCCC(CC2=CC=C3OCOC3C2)CC1. The fourth-order valence-corrected chi connectivity index (χ4v) is 3.16. The number of rotatable bonds is 2. The Morgan fingerprint density at radius 1 is 1.22 bits per heavy atom. The van der Waals surface area contributed by atoms with E-state index >= 15 is 0 Å². The Morgan fingerprint density at radius 3 is 3.11 bits per heavy atom. The third-order valence-electron chi connectivity index (χ3n) is 4.24. The van der Waals surface area contributed by atoms with Gasteiger partial charge >= 0.3 is 0 Å². The van der Waals surface area contributed by atoms with E-state index in [1.807, 2.05) is 0 Å². The first-order valence-electron chi connectivity index (χ1n) is 7.01. The number of ether oxygens (including phenoxy) is 2. The molecule has 0 aromatic carbocycles. The number of hydrogen-bond donors (Lipinski definition) is 1. The van der Waals surface area contributed by atoms with E-state index in [0.717, 1.165) is 36.7 Å². The molecule has 3 heteroatoms. The summed E-state index contributed by atoms with van der Waals surface area (Å²) in [6.45, 7) is 0.415. The van der Waals surface area contributed by atoms with Crippen molar-refractivity contribution in [2.45, 2.75) is 51.0 Å². The van der Waals surface area contributed by atoms with Crippen molar-refractivity contribution in [1.29, 1.82) is 5.41 Å². The van der Waals surface area contributed by atoms with Gasteiger partial charge in [-0.2, -0.15) is 0 Å². The monoisotopic (exact) mass is 247 g/mol. The zero-order chi connectivity index (χ0) is 12.4. The summed E-state index contributed by atoms with van der Waals surface area (Å²) in [4.78, 5) is 0. The van der Waals surface area contributed by atoms with Gasteiger partial charge in [-0.1, -0.05) is 11.6 Å². The summed E-state index contributed by atoms with van der Waals surface area (Å²) in [6, 6.07) is 0. The third kappa shape index (κ3) is 2.66. The van der Waals surface area contributed by atoms with E-state index in [1.165, 1.54) is 31.3 Å². The van der Waals surface area contributed by atoms with Gasteiger partial charge in [-0.3, -0.25) is 0 Å². The summed E-state index contributed by atoms with van der Waals surface area (Å²) in [7, 11) is 0. The van der Waals surface area contributed by atoms with E-state index in [4.69, 9.17) is 14.9 Å².